The maximum Gasteiger partial charge on any atom is 0.123 e. The van der Waals surface area contributed by atoms with Gasteiger partial charge in [-0.05, 0) is 87.8 Å². The molecule has 8 rings (SSSR count). The van der Waals surface area contributed by atoms with Crippen molar-refractivity contribution < 1.29 is 26.2 Å². The Labute approximate surface area is 324 Å². The number of fused-ring (bicyclic) bond motifs is 2. The van der Waals surface area contributed by atoms with Crippen LogP contribution >= 0.6 is 0 Å². The number of phenolic OH excluding ortho intramolecular Hbond substituents is 1. The molecule has 0 unspecified atom stereocenters. The topological polar surface area (TPSA) is 76.7 Å². The van der Waals surface area contributed by atoms with Crippen LogP contribution in [0.5, 0.6) is 5.75 Å². The number of hydrogen-bond acceptors (Lipinski definition) is 5. The minimum atomic E-state index is -0.0622. The molecule has 0 atom stereocenters. The Balaban J connectivity index is 0.00000435. The fourth-order valence-corrected chi connectivity index (χ4v) is 6.81. The van der Waals surface area contributed by atoms with E-state index in [4.69, 9.17) is 15.0 Å². The molecule has 0 spiro atoms. The minimum absolute atomic E-state index is 0. The number of para-hydroxylation sites is 1. The van der Waals surface area contributed by atoms with E-state index in [-0.39, 0.29) is 37.6 Å². The molecule has 266 valence electrons. The number of hydrogen-bond donors (Lipinski definition) is 1. The monoisotopic (exact) mass is 873 g/mol. The summed E-state index contributed by atoms with van der Waals surface area (Å²) >= 11 is 0. The van der Waals surface area contributed by atoms with Crippen LogP contribution < -0.4 is 0 Å². The summed E-state index contributed by atoms with van der Waals surface area (Å²) in [5.74, 6) is 0.881. The van der Waals surface area contributed by atoms with Gasteiger partial charge in [-0.15, -0.1) is 6.07 Å². The standard InChI is InChI=1S/C46H40N5O.Pt/c1-45(2,3)34-15-17-36(18-16-34)51-40-13-7-12-37(39-24-29(14-19-41(39)52)31-11-8-20-47-26-31)43(40)50-44(51)33-22-32(27-48-28-33)38-25-35(46(4,5)6)23-30-10-9-21-49-42(30)38;/h7-21,23-28,52H,1-6H3;/q-1;. The summed E-state index contributed by atoms with van der Waals surface area (Å²) in [6.07, 6.45) is 9.11. The van der Waals surface area contributed by atoms with E-state index < -0.39 is 0 Å². The Bertz CT molecular complexity index is 2600. The number of pyridine rings is 3. The fourth-order valence-electron chi connectivity index (χ4n) is 6.81. The molecule has 4 aromatic heterocycles. The van der Waals surface area contributed by atoms with Crippen molar-refractivity contribution in [1.82, 2.24) is 24.5 Å². The third kappa shape index (κ3) is 6.80. The first-order chi connectivity index (χ1) is 25.0. The van der Waals surface area contributed by atoms with Gasteiger partial charge in [0.15, 0.2) is 0 Å². The van der Waals surface area contributed by atoms with E-state index in [1.165, 1.54) is 11.1 Å². The Morgan fingerprint density at radius 2 is 1.36 bits per heavy atom. The van der Waals surface area contributed by atoms with E-state index in [0.717, 1.165) is 61.0 Å². The van der Waals surface area contributed by atoms with Gasteiger partial charge in [-0.2, -0.15) is 0 Å². The van der Waals surface area contributed by atoms with Gasteiger partial charge in [0.1, 0.15) is 5.75 Å². The molecule has 0 radical (unpaired) electrons. The molecular weight excluding hydrogens is 834 g/mol. The molecular formula is C46H40N5OPt-. The number of aromatic hydroxyl groups is 1. The molecule has 4 heterocycles. The van der Waals surface area contributed by atoms with Crippen molar-refractivity contribution in [2.75, 3.05) is 0 Å². The van der Waals surface area contributed by atoms with E-state index in [9.17, 15) is 5.11 Å². The largest absolute Gasteiger partial charge is 0.507 e. The van der Waals surface area contributed by atoms with Crippen LogP contribution in [0.25, 0.3) is 72.4 Å². The molecule has 7 heteroatoms. The molecule has 0 bridgehead atoms. The first-order valence-corrected chi connectivity index (χ1v) is 17.6. The summed E-state index contributed by atoms with van der Waals surface area (Å²) in [6.45, 7) is 13.3. The summed E-state index contributed by atoms with van der Waals surface area (Å²) in [6, 6.07) is 36.6. The van der Waals surface area contributed by atoms with Gasteiger partial charge in [-0.3, -0.25) is 15.0 Å². The van der Waals surface area contributed by atoms with Crippen molar-refractivity contribution in [3.05, 3.63) is 145 Å². The van der Waals surface area contributed by atoms with Crippen LogP contribution in [0.1, 0.15) is 52.7 Å². The van der Waals surface area contributed by atoms with E-state index in [1.807, 2.05) is 67.3 Å². The van der Waals surface area contributed by atoms with Gasteiger partial charge in [0, 0.05) is 67.6 Å². The van der Waals surface area contributed by atoms with Gasteiger partial charge in [-0.25, -0.2) is 0 Å². The average Bonchev–Trinajstić information content (AvgIpc) is 3.54. The normalized spacial score (nSPS) is 11.9. The van der Waals surface area contributed by atoms with Crippen molar-refractivity contribution in [2.24, 2.45) is 0 Å². The van der Waals surface area contributed by atoms with Crippen LogP contribution in [0.3, 0.4) is 0 Å². The molecule has 4 aromatic carbocycles. The second kappa shape index (κ2) is 13.8. The van der Waals surface area contributed by atoms with Crippen LogP contribution in [0.15, 0.2) is 128 Å². The van der Waals surface area contributed by atoms with E-state index in [0.29, 0.717) is 11.4 Å². The number of nitrogens with zero attached hydrogens (tertiary/aromatic N) is 5. The van der Waals surface area contributed by atoms with Crippen molar-refractivity contribution in [2.45, 2.75) is 52.4 Å². The first kappa shape index (κ1) is 35.9. The minimum Gasteiger partial charge on any atom is -0.507 e. The summed E-state index contributed by atoms with van der Waals surface area (Å²) < 4.78 is 2.17. The molecule has 0 amide bonds. The molecule has 0 fully saturated rings. The summed E-state index contributed by atoms with van der Waals surface area (Å²) in [5.41, 5.74) is 12.0. The van der Waals surface area contributed by atoms with E-state index in [2.05, 4.69) is 106 Å². The quantitative estimate of drug-likeness (QED) is 0.174. The van der Waals surface area contributed by atoms with Gasteiger partial charge < -0.3 is 14.7 Å². The zero-order valence-corrected chi connectivity index (χ0v) is 32.9. The summed E-state index contributed by atoms with van der Waals surface area (Å²) in [4.78, 5) is 19.2. The SMILES string of the molecule is CC(C)(C)c1ccc(-n2c(-c3[c-]c(-c4cc(C(C)(C)C)cc5cccnc45)cnc3)nc3c(-c4cc(-c5cccnc5)ccc4O)cccc32)cc1.[Pt]. The first-order valence-electron chi connectivity index (χ1n) is 17.6. The van der Waals surface area contributed by atoms with Gasteiger partial charge in [-0.1, -0.05) is 113 Å². The Kier molecular flexibility index (Phi) is 9.38. The number of phenols is 1. The van der Waals surface area contributed by atoms with Crippen LogP contribution in [0.4, 0.5) is 0 Å². The number of imidazole rings is 1. The van der Waals surface area contributed by atoms with Crippen molar-refractivity contribution in [3.63, 3.8) is 0 Å². The van der Waals surface area contributed by atoms with Crippen LogP contribution in [0, 0.1) is 6.07 Å². The molecule has 0 saturated carbocycles. The molecule has 6 nitrogen and oxygen atoms in total. The Morgan fingerprint density at radius 1 is 0.604 bits per heavy atom. The number of aromatic nitrogens is 5. The number of rotatable bonds is 5. The number of benzene rings is 4. The van der Waals surface area contributed by atoms with Gasteiger partial charge in [0.25, 0.3) is 0 Å². The summed E-state index contributed by atoms with van der Waals surface area (Å²) in [7, 11) is 0. The smallest absolute Gasteiger partial charge is 0.123 e. The molecule has 53 heavy (non-hydrogen) atoms. The van der Waals surface area contributed by atoms with Crippen molar-refractivity contribution in [1.29, 1.82) is 0 Å². The summed E-state index contributed by atoms with van der Waals surface area (Å²) in [5, 5.41) is 12.3. The molecule has 8 aromatic rings. The molecule has 0 aliphatic heterocycles. The average molecular weight is 874 g/mol. The van der Waals surface area contributed by atoms with E-state index >= 15 is 0 Å². The predicted molar refractivity (Wildman–Crippen MR) is 212 cm³/mol. The fraction of sp³-hybridized carbons (Fsp3) is 0.174. The third-order valence-electron chi connectivity index (χ3n) is 9.74. The molecule has 0 saturated heterocycles. The maximum absolute atomic E-state index is 11.3. The Hall–Kier alpha value is -5.45. The zero-order chi connectivity index (χ0) is 36.2. The molecule has 0 aliphatic carbocycles. The van der Waals surface area contributed by atoms with Crippen LogP contribution in [-0.4, -0.2) is 29.6 Å². The maximum atomic E-state index is 11.3. The zero-order valence-electron chi connectivity index (χ0n) is 30.6. The predicted octanol–water partition coefficient (Wildman–Crippen LogP) is 11.1. The second-order valence-corrected chi connectivity index (χ2v) is 15.4. The van der Waals surface area contributed by atoms with Crippen molar-refractivity contribution >= 4 is 21.9 Å². The van der Waals surface area contributed by atoms with Crippen LogP contribution in [0.2, 0.25) is 0 Å². The third-order valence-corrected chi connectivity index (χ3v) is 9.74. The van der Waals surface area contributed by atoms with Gasteiger partial charge in [0.2, 0.25) is 0 Å². The molecule has 0 aliphatic rings. The second-order valence-electron chi connectivity index (χ2n) is 15.4. The van der Waals surface area contributed by atoms with Gasteiger partial charge >= 0.3 is 0 Å². The van der Waals surface area contributed by atoms with Crippen LogP contribution in [-0.2, 0) is 31.9 Å². The van der Waals surface area contributed by atoms with Crippen molar-refractivity contribution in [3.8, 4) is 56.2 Å². The van der Waals surface area contributed by atoms with E-state index in [1.54, 1.807) is 12.3 Å². The Morgan fingerprint density at radius 3 is 2.09 bits per heavy atom. The van der Waals surface area contributed by atoms with Gasteiger partial charge in [0.05, 0.1) is 16.9 Å². The molecule has 1 N–H and O–H groups in total.